The van der Waals surface area contributed by atoms with Gasteiger partial charge < -0.3 is 14.8 Å². The number of carbonyl (C=O) groups excluding carboxylic acids is 1. The summed E-state index contributed by atoms with van der Waals surface area (Å²) in [5.41, 5.74) is 0.575. The highest BCUT2D eigenvalue weighted by Crippen LogP contribution is 2.20. The van der Waals surface area contributed by atoms with Crippen LogP contribution in [0, 0.1) is 0 Å². The fourth-order valence-electron chi connectivity index (χ4n) is 1.37. The number of carbonyl (C=O) groups is 1. The number of fused-ring (bicyclic) bond motifs is 1. The van der Waals surface area contributed by atoms with Crippen molar-refractivity contribution in [1.29, 1.82) is 0 Å². The van der Waals surface area contributed by atoms with E-state index in [1.807, 2.05) is 11.9 Å². The van der Waals surface area contributed by atoms with Gasteiger partial charge in [-0.3, -0.25) is 4.79 Å². The minimum absolute atomic E-state index is 0.000556. The highest BCUT2D eigenvalue weighted by molar-refractivity contribution is 5.98. The van der Waals surface area contributed by atoms with E-state index in [4.69, 9.17) is 0 Å². The molecule has 0 aliphatic carbocycles. The molecular weight excluding hydrogens is 156 g/mol. The summed E-state index contributed by atoms with van der Waals surface area (Å²) in [7, 11) is 3.67. The topological polar surface area (TPSA) is 52.2 Å². The molecule has 1 N–H and O–H groups in total. The summed E-state index contributed by atoms with van der Waals surface area (Å²) >= 11 is 0. The zero-order valence-corrected chi connectivity index (χ0v) is 7.03. The number of amides is 1. The van der Waals surface area contributed by atoms with Crippen molar-refractivity contribution in [3.63, 3.8) is 0 Å². The monoisotopic (exact) mass is 166 g/mol. The molecule has 2 rings (SSSR count). The fourth-order valence-corrected chi connectivity index (χ4v) is 1.37. The van der Waals surface area contributed by atoms with Crippen LogP contribution in [0.2, 0.25) is 0 Å². The van der Waals surface area contributed by atoms with Crippen LogP contribution in [0.15, 0.2) is 6.33 Å². The summed E-state index contributed by atoms with van der Waals surface area (Å²) in [5, 5.41) is 0. The van der Waals surface area contributed by atoms with Gasteiger partial charge in [-0.2, -0.15) is 0 Å². The normalized spacial score (nSPS) is 16.7. The Labute approximate surface area is 70.0 Å². The van der Waals surface area contributed by atoms with Crippen LogP contribution in [0.3, 0.4) is 0 Å². The van der Waals surface area contributed by atoms with Crippen LogP contribution < -0.4 is 4.90 Å². The van der Waals surface area contributed by atoms with E-state index in [1.165, 1.54) is 6.33 Å². The number of nitrogens with zero attached hydrogens (tertiary/aromatic N) is 3. The van der Waals surface area contributed by atoms with Crippen LogP contribution in [-0.4, -0.2) is 41.5 Å². The number of hydrogen-bond donors (Lipinski definition) is 1. The Hall–Kier alpha value is -1.52. The minimum atomic E-state index is 0.000556. The molecule has 1 aromatic heterocycles. The third kappa shape index (κ3) is 0.792. The molecule has 0 bridgehead atoms. The van der Waals surface area contributed by atoms with Crippen molar-refractivity contribution in [2.24, 2.45) is 0 Å². The van der Waals surface area contributed by atoms with Crippen molar-refractivity contribution in [3.8, 4) is 0 Å². The van der Waals surface area contributed by atoms with Crippen LogP contribution in [0.5, 0.6) is 0 Å². The van der Waals surface area contributed by atoms with E-state index in [-0.39, 0.29) is 5.91 Å². The maximum absolute atomic E-state index is 11.5. The summed E-state index contributed by atoms with van der Waals surface area (Å²) in [4.78, 5) is 21.9. The van der Waals surface area contributed by atoms with Crippen LogP contribution in [0.1, 0.15) is 10.5 Å². The van der Waals surface area contributed by atoms with Crippen molar-refractivity contribution in [3.05, 3.63) is 12.0 Å². The lowest BCUT2D eigenvalue weighted by molar-refractivity contribution is 0.0779. The predicted molar refractivity (Wildman–Crippen MR) is 44.0 cm³/mol. The number of nitrogens with one attached hydrogen (secondary N) is 1. The van der Waals surface area contributed by atoms with Crippen LogP contribution >= 0.6 is 0 Å². The second kappa shape index (κ2) is 2.23. The first kappa shape index (κ1) is 7.15. The minimum Gasteiger partial charge on any atom is -0.340 e. The van der Waals surface area contributed by atoms with Gasteiger partial charge in [0.1, 0.15) is 5.69 Å². The molecule has 64 valence electrons. The third-order valence-electron chi connectivity index (χ3n) is 1.97. The molecule has 0 unspecified atom stereocenters. The number of imidazole rings is 1. The molecule has 1 amide bonds. The first-order chi connectivity index (χ1) is 5.70. The molecular formula is C7H10N4O. The predicted octanol–water partition coefficient (Wildman–Crippen LogP) is -0.111. The first-order valence-corrected chi connectivity index (χ1v) is 3.70. The van der Waals surface area contributed by atoms with Gasteiger partial charge in [0.25, 0.3) is 5.91 Å². The lowest BCUT2D eigenvalue weighted by Crippen LogP contribution is -2.42. The van der Waals surface area contributed by atoms with Crippen molar-refractivity contribution in [2.75, 3.05) is 25.7 Å². The fraction of sp³-hybridized carbons (Fsp3) is 0.429. The van der Waals surface area contributed by atoms with Gasteiger partial charge in [0.05, 0.1) is 13.0 Å². The lowest BCUT2D eigenvalue weighted by Gasteiger charge is -2.29. The average molecular weight is 166 g/mol. The van der Waals surface area contributed by atoms with E-state index in [2.05, 4.69) is 9.97 Å². The molecule has 0 radical (unpaired) electrons. The Bertz CT molecular complexity index is 319. The maximum atomic E-state index is 11.5. The zero-order chi connectivity index (χ0) is 8.72. The Morgan fingerprint density at radius 3 is 3.00 bits per heavy atom. The Kier molecular flexibility index (Phi) is 1.33. The van der Waals surface area contributed by atoms with Gasteiger partial charge in [-0.25, -0.2) is 4.98 Å². The molecule has 0 saturated carbocycles. The number of aromatic nitrogens is 2. The van der Waals surface area contributed by atoms with E-state index in [9.17, 15) is 4.79 Å². The van der Waals surface area contributed by atoms with Gasteiger partial charge in [0.15, 0.2) is 5.82 Å². The van der Waals surface area contributed by atoms with Crippen LogP contribution in [-0.2, 0) is 0 Å². The van der Waals surface area contributed by atoms with Gasteiger partial charge in [0, 0.05) is 14.1 Å². The third-order valence-corrected chi connectivity index (χ3v) is 1.97. The number of H-pyrrole nitrogens is 1. The molecule has 2 heterocycles. The SMILES string of the molecule is CN1CN(C)c2nc[nH]c2C1=O. The molecule has 0 atom stereocenters. The van der Waals surface area contributed by atoms with E-state index in [0.717, 1.165) is 5.82 Å². The molecule has 5 heteroatoms. The first-order valence-electron chi connectivity index (χ1n) is 3.70. The van der Waals surface area contributed by atoms with E-state index >= 15 is 0 Å². The molecule has 1 aromatic rings. The summed E-state index contributed by atoms with van der Waals surface area (Å²) in [6.07, 6.45) is 1.54. The average Bonchev–Trinajstić information content (AvgIpc) is 2.48. The van der Waals surface area contributed by atoms with Crippen molar-refractivity contribution in [2.45, 2.75) is 0 Å². The van der Waals surface area contributed by atoms with Gasteiger partial charge >= 0.3 is 0 Å². The number of anilines is 1. The Morgan fingerprint density at radius 2 is 2.25 bits per heavy atom. The summed E-state index contributed by atoms with van der Waals surface area (Å²) in [6, 6.07) is 0. The lowest BCUT2D eigenvalue weighted by atomic mass is 10.3. The van der Waals surface area contributed by atoms with Gasteiger partial charge in [-0.15, -0.1) is 0 Å². The molecule has 0 aromatic carbocycles. The summed E-state index contributed by atoms with van der Waals surface area (Å²) in [5.74, 6) is 0.735. The zero-order valence-electron chi connectivity index (χ0n) is 7.03. The summed E-state index contributed by atoms with van der Waals surface area (Å²) < 4.78 is 0. The molecule has 0 fully saturated rings. The largest absolute Gasteiger partial charge is 0.340 e. The van der Waals surface area contributed by atoms with Crippen LogP contribution in [0.25, 0.3) is 0 Å². The second-order valence-electron chi connectivity index (χ2n) is 2.94. The number of aromatic amines is 1. The van der Waals surface area contributed by atoms with Crippen molar-refractivity contribution >= 4 is 11.7 Å². The van der Waals surface area contributed by atoms with Gasteiger partial charge in [-0.05, 0) is 0 Å². The van der Waals surface area contributed by atoms with Crippen molar-refractivity contribution < 1.29 is 4.79 Å². The van der Waals surface area contributed by atoms with Crippen molar-refractivity contribution in [1.82, 2.24) is 14.9 Å². The molecule has 1 aliphatic heterocycles. The molecule has 1 aliphatic rings. The summed E-state index contributed by atoms with van der Waals surface area (Å²) in [6.45, 7) is 0.594. The maximum Gasteiger partial charge on any atom is 0.275 e. The van der Waals surface area contributed by atoms with Crippen LogP contribution in [0.4, 0.5) is 5.82 Å². The molecule has 12 heavy (non-hydrogen) atoms. The van der Waals surface area contributed by atoms with Gasteiger partial charge in [-0.1, -0.05) is 0 Å². The van der Waals surface area contributed by atoms with E-state index in [0.29, 0.717) is 12.4 Å². The quantitative estimate of drug-likeness (QED) is 0.585. The molecule has 0 saturated heterocycles. The Balaban J connectivity index is 2.50. The number of rotatable bonds is 0. The highest BCUT2D eigenvalue weighted by Gasteiger charge is 2.26. The molecule has 0 spiro atoms. The van der Waals surface area contributed by atoms with Gasteiger partial charge in [0.2, 0.25) is 0 Å². The van der Waals surface area contributed by atoms with E-state index < -0.39 is 0 Å². The highest BCUT2D eigenvalue weighted by atomic mass is 16.2. The number of hydrogen-bond acceptors (Lipinski definition) is 3. The molecule has 5 nitrogen and oxygen atoms in total. The second-order valence-corrected chi connectivity index (χ2v) is 2.94. The smallest absolute Gasteiger partial charge is 0.275 e. The van der Waals surface area contributed by atoms with E-state index in [1.54, 1.807) is 11.9 Å². The Morgan fingerprint density at radius 1 is 1.50 bits per heavy atom. The standard InChI is InChI=1S/C7H10N4O/c1-10-4-11(2)7(12)5-6(10)9-3-8-5/h3H,4H2,1-2H3,(H,8,9).